The number of nitrogens with one attached hydrogen (secondary N) is 1. The molecule has 1 aliphatic carbocycles. The molecule has 4 heteroatoms. The van der Waals surface area contributed by atoms with Crippen LogP contribution in [0.25, 0.3) is 5.70 Å². The summed E-state index contributed by atoms with van der Waals surface area (Å²) in [7, 11) is 0. The Kier molecular flexibility index (Phi) is 3.68. The second-order valence-electron chi connectivity index (χ2n) is 6.72. The molecule has 2 aromatic carbocycles. The predicted octanol–water partition coefficient (Wildman–Crippen LogP) is 4.17. The van der Waals surface area contributed by atoms with Crippen LogP contribution in [0.4, 0.5) is 0 Å². The third kappa shape index (κ3) is 2.57. The van der Waals surface area contributed by atoms with Crippen molar-refractivity contribution in [3.8, 4) is 0 Å². The number of pyridine rings is 1. The van der Waals surface area contributed by atoms with Crippen molar-refractivity contribution in [2.45, 2.75) is 12.3 Å². The Morgan fingerprint density at radius 2 is 1.59 bits per heavy atom. The molecular formula is C23H17N3O. The number of Topliss-reactive ketones (excluding diaryl/α,β-unsaturated/α-hetero) is 1. The molecule has 0 saturated carbocycles. The normalized spacial score (nSPS) is 18.3. The summed E-state index contributed by atoms with van der Waals surface area (Å²) >= 11 is 0. The standard InChI is InChI=1S/C23H17N3O/c27-23-17-11-5-4-10-16(17)22-21(23)18(15-8-2-1-3-9-15)14-20(25-26-22)19-12-6-7-13-24-19/h1-13,18,26H,14H2. The van der Waals surface area contributed by atoms with Gasteiger partial charge in [0.25, 0.3) is 0 Å². The number of nitrogens with zero attached hydrogens (tertiary/aromatic N) is 2. The van der Waals surface area contributed by atoms with E-state index in [1.54, 1.807) is 6.20 Å². The molecule has 4 nitrogen and oxygen atoms in total. The van der Waals surface area contributed by atoms with Gasteiger partial charge < -0.3 is 0 Å². The largest absolute Gasteiger partial charge is 0.289 e. The number of aromatic nitrogens is 1. The highest BCUT2D eigenvalue weighted by atomic mass is 16.1. The van der Waals surface area contributed by atoms with Gasteiger partial charge in [-0.3, -0.25) is 15.2 Å². The first-order valence-corrected chi connectivity index (χ1v) is 9.00. The monoisotopic (exact) mass is 351 g/mol. The minimum Gasteiger partial charge on any atom is -0.289 e. The summed E-state index contributed by atoms with van der Waals surface area (Å²) in [5, 5.41) is 4.64. The summed E-state index contributed by atoms with van der Waals surface area (Å²) in [5.41, 5.74) is 9.24. The van der Waals surface area contributed by atoms with Gasteiger partial charge >= 0.3 is 0 Å². The van der Waals surface area contributed by atoms with Crippen LogP contribution in [0, 0.1) is 0 Å². The van der Waals surface area contributed by atoms with Gasteiger partial charge in [0.2, 0.25) is 0 Å². The van der Waals surface area contributed by atoms with E-state index < -0.39 is 0 Å². The van der Waals surface area contributed by atoms with Crippen LogP contribution in [0.2, 0.25) is 0 Å². The number of ketones is 1. The zero-order valence-electron chi connectivity index (χ0n) is 14.6. The Labute approximate surface area is 157 Å². The fourth-order valence-corrected chi connectivity index (χ4v) is 3.89. The van der Waals surface area contributed by atoms with Crippen molar-refractivity contribution in [3.63, 3.8) is 0 Å². The fraction of sp³-hybridized carbons (Fsp3) is 0.0870. The van der Waals surface area contributed by atoms with E-state index in [1.807, 2.05) is 60.7 Å². The molecule has 2 aliphatic rings. The maximum Gasteiger partial charge on any atom is 0.192 e. The molecule has 0 bridgehead atoms. The van der Waals surface area contributed by atoms with Gasteiger partial charge in [-0.1, -0.05) is 60.7 Å². The number of fused-ring (bicyclic) bond motifs is 2. The molecule has 1 aromatic heterocycles. The first-order chi connectivity index (χ1) is 13.3. The van der Waals surface area contributed by atoms with E-state index in [0.717, 1.165) is 39.4 Å². The van der Waals surface area contributed by atoms with Gasteiger partial charge in [-0.15, -0.1) is 0 Å². The lowest BCUT2D eigenvalue weighted by Gasteiger charge is -2.18. The molecule has 130 valence electrons. The van der Waals surface area contributed by atoms with Crippen LogP contribution < -0.4 is 5.43 Å². The number of carbonyl (C=O) groups is 1. The molecule has 3 aromatic rings. The topological polar surface area (TPSA) is 54.4 Å². The third-order valence-corrected chi connectivity index (χ3v) is 5.17. The number of hydrazone groups is 1. The Morgan fingerprint density at radius 3 is 2.37 bits per heavy atom. The highest BCUT2D eigenvalue weighted by Gasteiger charge is 2.37. The van der Waals surface area contributed by atoms with E-state index in [9.17, 15) is 4.79 Å². The summed E-state index contributed by atoms with van der Waals surface area (Å²) < 4.78 is 0. The molecule has 2 heterocycles. The van der Waals surface area contributed by atoms with E-state index in [4.69, 9.17) is 0 Å². The Morgan fingerprint density at radius 1 is 0.852 bits per heavy atom. The van der Waals surface area contributed by atoms with Crippen LogP contribution in [0.3, 0.4) is 0 Å². The maximum atomic E-state index is 13.2. The molecule has 1 aliphatic heterocycles. The van der Waals surface area contributed by atoms with E-state index >= 15 is 0 Å². The molecule has 1 N–H and O–H groups in total. The molecule has 1 unspecified atom stereocenters. The first kappa shape index (κ1) is 15.7. The molecule has 0 amide bonds. The SMILES string of the molecule is O=C1C2=C(NN=C(c3ccccn3)CC2c2ccccc2)c2ccccc21. The third-order valence-electron chi connectivity index (χ3n) is 5.17. The van der Waals surface area contributed by atoms with Crippen molar-refractivity contribution in [3.05, 3.63) is 107 Å². The van der Waals surface area contributed by atoms with Gasteiger partial charge in [0.05, 0.1) is 17.1 Å². The molecule has 0 fully saturated rings. The summed E-state index contributed by atoms with van der Waals surface area (Å²) in [5.74, 6) is 0.0104. The van der Waals surface area contributed by atoms with Crippen molar-refractivity contribution in [1.29, 1.82) is 0 Å². The van der Waals surface area contributed by atoms with Gasteiger partial charge in [-0.05, 0) is 17.7 Å². The molecular weight excluding hydrogens is 334 g/mol. The van der Waals surface area contributed by atoms with Gasteiger partial charge in [0.15, 0.2) is 5.78 Å². The minimum absolute atomic E-state index is 0.0724. The Balaban J connectivity index is 1.68. The van der Waals surface area contributed by atoms with Gasteiger partial charge in [-0.2, -0.15) is 5.10 Å². The average molecular weight is 351 g/mol. The van der Waals surface area contributed by atoms with Gasteiger partial charge in [0.1, 0.15) is 0 Å². The highest BCUT2D eigenvalue weighted by molar-refractivity contribution is 6.22. The summed E-state index contributed by atoms with van der Waals surface area (Å²) in [4.78, 5) is 17.7. The second-order valence-corrected chi connectivity index (χ2v) is 6.72. The minimum atomic E-state index is -0.0724. The van der Waals surface area contributed by atoms with Crippen LogP contribution >= 0.6 is 0 Å². The fourth-order valence-electron chi connectivity index (χ4n) is 3.89. The average Bonchev–Trinajstić information content (AvgIpc) is 2.89. The lowest BCUT2D eigenvalue weighted by atomic mass is 9.84. The second kappa shape index (κ2) is 6.32. The van der Waals surface area contributed by atoms with Crippen LogP contribution in [0.5, 0.6) is 0 Å². The van der Waals surface area contributed by atoms with E-state index in [1.165, 1.54) is 0 Å². The quantitative estimate of drug-likeness (QED) is 0.754. The Bertz CT molecular complexity index is 1080. The van der Waals surface area contributed by atoms with Crippen molar-refractivity contribution >= 4 is 17.2 Å². The smallest absolute Gasteiger partial charge is 0.192 e. The van der Waals surface area contributed by atoms with Crippen LogP contribution in [0.1, 0.15) is 39.5 Å². The van der Waals surface area contributed by atoms with Gasteiger partial charge in [-0.25, -0.2) is 0 Å². The van der Waals surface area contributed by atoms with Crippen molar-refractivity contribution in [2.75, 3.05) is 0 Å². The molecule has 0 saturated heterocycles. The maximum absolute atomic E-state index is 13.2. The predicted molar refractivity (Wildman–Crippen MR) is 105 cm³/mol. The number of hydrogen-bond acceptors (Lipinski definition) is 4. The van der Waals surface area contributed by atoms with E-state index in [2.05, 4.69) is 27.6 Å². The van der Waals surface area contributed by atoms with Gasteiger partial charge in [0, 0.05) is 35.2 Å². The van der Waals surface area contributed by atoms with Crippen molar-refractivity contribution < 1.29 is 4.79 Å². The molecule has 27 heavy (non-hydrogen) atoms. The molecule has 0 radical (unpaired) electrons. The zero-order valence-corrected chi connectivity index (χ0v) is 14.6. The summed E-state index contributed by atoms with van der Waals surface area (Å²) in [6.07, 6.45) is 2.38. The zero-order chi connectivity index (χ0) is 18.2. The number of carbonyl (C=O) groups excluding carboxylic acids is 1. The first-order valence-electron chi connectivity index (χ1n) is 9.00. The lowest BCUT2D eigenvalue weighted by molar-refractivity contribution is 0.103. The van der Waals surface area contributed by atoms with Crippen LogP contribution in [0.15, 0.2) is 89.7 Å². The number of hydrogen-bond donors (Lipinski definition) is 1. The molecule has 0 spiro atoms. The van der Waals surface area contributed by atoms with Crippen LogP contribution in [-0.4, -0.2) is 16.5 Å². The van der Waals surface area contributed by atoms with E-state index in [0.29, 0.717) is 6.42 Å². The Hall–Kier alpha value is -3.53. The summed E-state index contributed by atoms with van der Waals surface area (Å²) in [6.45, 7) is 0. The number of allylic oxidation sites excluding steroid dienone is 1. The molecule has 1 atom stereocenters. The van der Waals surface area contributed by atoms with Crippen molar-refractivity contribution in [1.82, 2.24) is 10.4 Å². The van der Waals surface area contributed by atoms with E-state index in [-0.39, 0.29) is 11.7 Å². The highest BCUT2D eigenvalue weighted by Crippen LogP contribution is 2.42. The summed E-state index contributed by atoms with van der Waals surface area (Å²) in [6, 6.07) is 23.7. The number of rotatable bonds is 2. The van der Waals surface area contributed by atoms with Crippen molar-refractivity contribution in [2.24, 2.45) is 5.10 Å². The lowest BCUT2D eigenvalue weighted by Crippen LogP contribution is -2.14. The molecule has 5 rings (SSSR count). The number of benzene rings is 2. The van der Waals surface area contributed by atoms with Crippen LogP contribution in [-0.2, 0) is 0 Å².